The van der Waals surface area contributed by atoms with E-state index in [0.717, 1.165) is 16.8 Å². The highest BCUT2D eigenvalue weighted by atomic mass is 16.6. The van der Waals surface area contributed by atoms with Crippen molar-refractivity contribution < 1.29 is 9.53 Å². The summed E-state index contributed by atoms with van der Waals surface area (Å²) in [5.74, 6) is 0. The number of benzene rings is 1. The molecule has 0 atom stereocenters. The smallest absolute Gasteiger partial charge is 0.411 e. The Bertz CT molecular complexity index is 359. The standard InChI is InChI=1S/C12H17NO2/c1-8(2)15-12(14)13-11-7-5-6-9(3)10(11)4/h5-8H,1-4H3,(H,13,14). The highest BCUT2D eigenvalue weighted by molar-refractivity contribution is 5.85. The Kier molecular flexibility index (Phi) is 3.72. The monoisotopic (exact) mass is 207 g/mol. The van der Waals surface area contributed by atoms with E-state index in [1.54, 1.807) is 0 Å². The van der Waals surface area contributed by atoms with E-state index in [4.69, 9.17) is 4.74 Å². The molecule has 0 heterocycles. The van der Waals surface area contributed by atoms with Gasteiger partial charge >= 0.3 is 6.09 Å². The van der Waals surface area contributed by atoms with Crippen LogP contribution in [0.4, 0.5) is 10.5 Å². The maximum Gasteiger partial charge on any atom is 0.411 e. The van der Waals surface area contributed by atoms with Crippen LogP contribution in [0.3, 0.4) is 0 Å². The molecular weight excluding hydrogens is 190 g/mol. The van der Waals surface area contributed by atoms with Gasteiger partial charge in [0, 0.05) is 5.69 Å². The minimum absolute atomic E-state index is 0.102. The van der Waals surface area contributed by atoms with E-state index in [2.05, 4.69) is 5.32 Å². The van der Waals surface area contributed by atoms with Crippen molar-refractivity contribution in [1.82, 2.24) is 0 Å². The summed E-state index contributed by atoms with van der Waals surface area (Å²) in [4.78, 5) is 11.4. The average molecular weight is 207 g/mol. The van der Waals surface area contributed by atoms with Crippen LogP contribution < -0.4 is 5.32 Å². The number of anilines is 1. The number of amides is 1. The molecule has 0 saturated heterocycles. The Hall–Kier alpha value is -1.51. The molecule has 1 amide bonds. The molecule has 0 spiro atoms. The topological polar surface area (TPSA) is 38.3 Å². The van der Waals surface area contributed by atoms with Crippen LogP contribution in [0, 0.1) is 13.8 Å². The van der Waals surface area contributed by atoms with E-state index in [9.17, 15) is 4.79 Å². The van der Waals surface area contributed by atoms with E-state index in [-0.39, 0.29) is 6.10 Å². The maximum absolute atomic E-state index is 11.4. The molecule has 1 aromatic rings. The van der Waals surface area contributed by atoms with Crippen LogP contribution >= 0.6 is 0 Å². The summed E-state index contributed by atoms with van der Waals surface area (Å²) in [7, 11) is 0. The van der Waals surface area contributed by atoms with Gasteiger partial charge < -0.3 is 4.74 Å². The van der Waals surface area contributed by atoms with E-state index < -0.39 is 6.09 Å². The molecule has 1 N–H and O–H groups in total. The lowest BCUT2D eigenvalue weighted by molar-refractivity contribution is 0.130. The molecule has 1 rings (SSSR count). The normalized spacial score (nSPS) is 10.2. The first-order valence-electron chi connectivity index (χ1n) is 5.04. The van der Waals surface area contributed by atoms with Crippen LogP contribution in [0.5, 0.6) is 0 Å². The molecular formula is C12H17NO2. The van der Waals surface area contributed by atoms with Crippen molar-refractivity contribution >= 4 is 11.8 Å². The van der Waals surface area contributed by atoms with Crippen LogP contribution in [0.1, 0.15) is 25.0 Å². The number of carbonyl (C=O) groups is 1. The van der Waals surface area contributed by atoms with Gasteiger partial charge in [0.1, 0.15) is 0 Å². The highest BCUT2D eigenvalue weighted by Gasteiger charge is 2.07. The summed E-state index contributed by atoms with van der Waals surface area (Å²) in [5, 5.41) is 2.72. The van der Waals surface area contributed by atoms with E-state index >= 15 is 0 Å². The molecule has 0 bridgehead atoms. The second-order valence-electron chi connectivity index (χ2n) is 3.83. The second-order valence-corrected chi connectivity index (χ2v) is 3.83. The molecule has 0 unspecified atom stereocenters. The molecule has 0 aliphatic rings. The number of hydrogen-bond acceptors (Lipinski definition) is 2. The fourth-order valence-corrected chi connectivity index (χ4v) is 1.24. The molecule has 3 heteroatoms. The minimum Gasteiger partial charge on any atom is -0.447 e. The number of nitrogens with one attached hydrogen (secondary N) is 1. The first-order chi connectivity index (χ1) is 7.00. The fourth-order valence-electron chi connectivity index (χ4n) is 1.24. The van der Waals surface area contributed by atoms with Crippen molar-refractivity contribution in [2.45, 2.75) is 33.8 Å². The summed E-state index contributed by atoms with van der Waals surface area (Å²) in [6.07, 6.45) is -0.506. The molecule has 1 aromatic carbocycles. The zero-order valence-corrected chi connectivity index (χ0v) is 9.63. The Labute approximate surface area is 90.4 Å². The Morgan fingerprint density at radius 3 is 2.60 bits per heavy atom. The third-order valence-corrected chi connectivity index (χ3v) is 2.18. The van der Waals surface area contributed by atoms with Gasteiger partial charge in [-0.05, 0) is 44.9 Å². The minimum atomic E-state index is -0.404. The van der Waals surface area contributed by atoms with Crippen molar-refractivity contribution in [3.63, 3.8) is 0 Å². The van der Waals surface area contributed by atoms with Gasteiger partial charge in [0.25, 0.3) is 0 Å². The lowest BCUT2D eigenvalue weighted by Gasteiger charge is -2.12. The molecule has 0 saturated carbocycles. The van der Waals surface area contributed by atoms with Gasteiger partial charge in [-0.3, -0.25) is 5.32 Å². The summed E-state index contributed by atoms with van der Waals surface area (Å²) >= 11 is 0. The highest BCUT2D eigenvalue weighted by Crippen LogP contribution is 2.18. The van der Waals surface area contributed by atoms with Gasteiger partial charge in [-0.15, -0.1) is 0 Å². The summed E-state index contributed by atoms with van der Waals surface area (Å²) in [6.45, 7) is 7.62. The van der Waals surface area contributed by atoms with Gasteiger partial charge in [0.15, 0.2) is 0 Å². The molecule has 0 aromatic heterocycles. The number of ether oxygens (including phenoxy) is 1. The molecule has 0 radical (unpaired) electrons. The second kappa shape index (κ2) is 4.82. The van der Waals surface area contributed by atoms with E-state index in [1.807, 2.05) is 45.9 Å². The number of carbonyl (C=O) groups excluding carboxylic acids is 1. The molecule has 15 heavy (non-hydrogen) atoms. The zero-order chi connectivity index (χ0) is 11.4. The van der Waals surface area contributed by atoms with Gasteiger partial charge in [0.05, 0.1) is 6.10 Å². The SMILES string of the molecule is Cc1cccc(NC(=O)OC(C)C)c1C. The summed E-state index contributed by atoms with van der Waals surface area (Å²) in [5.41, 5.74) is 3.02. The largest absolute Gasteiger partial charge is 0.447 e. The predicted octanol–water partition coefficient (Wildman–Crippen LogP) is 3.26. The van der Waals surface area contributed by atoms with Crippen LogP contribution in [0.15, 0.2) is 18.2 Å². The van der Waals surface area contributed by atoms with Crippen molar-refractivity contribution in [3.8, 4) is 0 Å². The lowest BCUT2D eigenvalue weighted by atomic mass is 10.1. The number of rotatable bonds is 2. The predicted molar refractivity (Wildman–Crippen MR) is 61.2 cm³/mol. The van der Waals surface area contributed by atoms with Gasteiger partial charge in [0.2, 0.25) is 0 Å². The van der Waals surface area contributed by atoms with Gasteiger partial charge in [-0.25, -0.2) is 4.79 Å². The first kappa shape index (κ1) is 11.6. The van der Waals surface area contributed by atoms with Crippen LogP contribution in [-0.2, 0) is 4.74 Å². The maximum atomic E-state index is 11.4. The Morgan fingerprint density at radius 2 is 2.00 bits per heavy atom. The number of aryl methyl sites for hydroxylation is 1. The van der Waals surface area contributed by atoms with Gasteiger partial charge in [-0.1, -0.05) is 12.1 Å². The quantitative estimate of drug-likeness (QED) is 0.808. The third-order valence-electron chi connectivity index (χ3n) is 2.18. The van der Waals surface area contributed by atoms with Crippen molar-refractivity contribution in [1.29, 1.82) is 0 Å². The van der Waals surface area contributed by atoms with E-state index in [0.29, 0.717) is 0 Å². The third kappa shape index (κ3) is 3.27. The van der Waals surface area contributed by atoms with Gasteiger partial charge in [-0.2, -0.15) is 0 Å². The summed E-state index contributed by atoms with van der Waals surface area (Å²) < 4.78 is 5.00. The molecule has 0 aliphatic carbocycles. The van der Waals surface area contributed by atoms with Crippen molar-refractivity contribution in [2.75, 3.05) is 5.32 Å². The van der Waals surface area contributed by atoms with Crippen LogP contribution in [-0.4, -0.2) is 12.2 Å². The summed E-state index contributed by atoms with van der Waals surface area (Å²) in [6, 6.07) is 5.78. The van der Waals surface area contributed by atoms with Crippen LogP contribution in [0.2, 0.25) is 0 Å². The first-order valence-corrected chi connectivity index (χ1v) is 5.04. The molecule has 3 nitrogen and oxygen atoms in total. The number of hydrogen-bond donors (Lipinski definition) is 1. The molecule has 0 fully saturated rings. The van der Waals surface area contributed by atoms with Crippen molar-refractivity contribution in [3.05, 3.63) is 29.3 Å². The lowest BCUT2D eigenvalue weighted by Crippen LogP contribution is -2.18. The molecule has 0 aliphatic heterocycles. The fraction of sp³-hybridized carbons (Fsp3) is 0.417. The molecule has 82 valence electrons. The van der Waals surface area contributed by atoms with Crippen LogP contribution in [0.25, 0.3) is 0 Å². The zero-order valence-electron chi connectivity index (χ0n) is 9.63. The Balaban J connectivity index is 2.73. The Morgan fingerprint density at radius 1 is 1.33 bits per heavy atom. The van der Waals surface area contributed by atoms with E-state index in [1.165, 1.54) is 0 Å². The average Bonchev–Trinajstić information content (AvgIpc) is 2.11. The van der Waals surface area contributed by atoms with Crippen molar-refractivity contribution in [2.24, 2.45) is 0 Å².